The Hall–Kier alpha value is -10.0. The van der Waals surface area contributed by atoms with E-state index in [1.807, 2.05) is 72.8 Å². The van der Waals surface area contributed by atoms with E-state index < -0.39 is 23.9 Å². The summed E-state index contributed by atoms with van der Waals surface area (Å²) in [5, 5.41) is 50.4. The summed E-state index contributed by atoms with van der Waals surface area (Å²) >= 11 is 21.9. The number of aromatic amines is 2. The zero-order valence-electron chi connectivity index (χ0n) is 39.4. The molecule has 8 bridgehead atoms. The molecule has 5 heterocycles. The molecule has 0 saturated heterocycles. The molecule has 3 aromatic heterocycles. The van der Waals surface area contributed by atoms with Crippen LogP contribution in [-0.2, 0) is 13.2 Å². The van der Waals surface area contributed by atoms with Gasteiger partial charge in [0.15, 0.2) is 17.4 Å². The minimum atomic E-state index is -1.39. The Morgan fingerprint density at radius 3 is 1.46 bits per heavy atom. The van der Waals surface area contributed by atoms with E-state index in [9.17, 15) is 39.6 Å². The van der Waals surface area contributed by atoms with Gasteiger partial charge in [-0.2, -0.15) is 0 Å². The first kappa shape index (κ1) is 48.9. The number of aromatic carboxylic acids is 4. The number of carboxylic acids is 4. The molecule has 23 heteroatoms. The van der Waals surface area contributed by atoms with Gasteiger partial charge in [0.05, 0.1) is 58.1 Å². The maximum Gasteiger partial charge on any atom is 0.335 e. The maximum absolute atomic E-state index is 11.9. The molecule has 7 aromatic carbocycles. The number of rotatable bonds is 12. The van der Waals surface area contributed by atoms with E-state index in [1.165, 1.54) is 16.9 Å². The smallest absolute Gasteiger partial charge is 0.335 e. The number of hydrogen-bond acceptors (Lipinski definition) is 13. The summed E-state index contributed by atoms with van der Waals surface area (Å²) in [5.41, 5.74) is 3.24. The molecule has 20 nitrogen and oxygen atoms in total. The first-order valence-electron chi connectivity index (χ1n) is 23.2. The van der Waals surface area contributed by atoms with Gasteiger partial charge in [-0.25, -0.2) is 39.1 Å². The van der Waals surface area contributed by atoms with Crippen molar-refractivity contribution < 1.29 is 58.6 Å². The lowest BCUT2D eigenvalue weighted by atomic mass is 10.1. The molecular formula is C55H31Cl3N9O11+. The molecular weight excluding hydrogens is 1070 g/mol. The number of fused-ring (bicyclic) bond motifs is 20. The molecule has 0 saturated carbocycles. The fourth-order valence-electron chi connectivity index (χ4n) is 9.02. The van der Waals surface area contributed by atoms with Gasteiger partial charge in [-0.3, -0.25) is 0 Å². The first-order valence-corrected chi connectivity index (χ1v) is 24.3. The number of H-pyrrole nitrogens is 2. The lowest BCUT2D eigenvalue weighted by Gasteiger charge is -2.16. The molecule has 12 rings (SSSR count). The average molecular weight is 1100 g/mol. The normalized spacial score (nSPS) is 11.5. The number of ether oxygens (including phenoxy) is 3. The highest BCUT2D eigenvalue weighted by Crippen LogP contribution is 2.49. The molecule has 0 aliphatic carbocycles. The maximum atomic E-state index is 11.9. The van der Waals surface area contributed by atoms with E-state index in [4.69, 9.17) is 79.1 Å². The van der Waals surface area contributed by atoms with E-state index in [0.717, 1.165) is 47.2 Å². The molecule has 0 atom stereocenters. The van der Waals surface area contributed by atoms with Crippen molar-refractivity contribution in [1.82, 2.24) is 40.1 Å². The Labute approximate surface area is 451 Å². The van der Waals surface area contributed by atoms with Crippen molar-refractivity contribution in [3.05, 3.63) is 176 Å². The number of halogens is 3. The molecule has 0 unspecified atom stereocenters. The van der Waals surface area contributed by atoms with Crippen LogP contribution in [0.2, 0.25) is 15.1 Å². The van der Waals surface area contributed by atoms with Crippen LogP contribution in [0.15, 0.2) is 127 Å². The van der Waals surface area contributed by atoms with E-state index in [1.54, 1.807) is 6.07 Å². The molecule has 2 aliphatic rings. The number of carboxylic acid groups (broad SMARTS) is 4. The quantitative estimate of drug-likeness (QED) is 0.0489. The summed E-state index contributed by atoms with van der Waals surface area (Å²) in [6, 6.07) is 33.8. The van der Waals surface area contributed by atoms with Crippen LogP contribution in [-0.4, -0.2) is 84.4 Å². The molecule has 78 heavy (non-hydrogen) atoms. The third-order valence-corrected chi connectivity index (χ3v) is 13.7. The van der Waals surface area contributed by atoms with Crippen molar-refractivity contribution in [2.24, 2.45) is 0 Å². The van der Waals surface area contributed by atoms with Gasteiger partial charge < -0.3 is 44.6 Å². The first-order chi connectivity index (χ1) is 37.6. The Bertz CT molecular complexity index is 4310. The van der Waals surface area contributed by atoms with Gasteiger partial charge >= 0.3 is 23.9 Å². The highest BCUT2D eigenvalue weighted by atomic mass is 35.5. The summed E-state index contributed by atoms with van der Waals surface area (Å²) in [6.07, 6.45) is 0. The summed E-state index contributed by atoms with van der Waals surface area (Å²) in [4.78, 5) is 75.7. The SMILES string of the molecule is O=C(O)c1cc(OCc2cc(COc3cc(C(=O)O)cc(C(=O)O)c3)cc(Oc3c(Cl)c(Cl)c4c5nc6nc(nc7[nH]c(nc8n[n+](nc([nH]5)c4c3Cl)-c3ccccc3-8)c3ccccc73)-c3ccccc3-6)c2)cc(C(=O)O)c1. The van der Waals surface area contributed by atoms with Crippen LogP contribution in [0.3, 0.4) is 0 Å². The molecule has 2 aliphatic heterocycles. The van der Waals surface area contributed by atoms with Crippen LogP contribution < -0.4 is 19.0 Å². The van der Waals surface area contributed by atoms with E-state index in [0.29, 0.717) is 56.4 Å². The molecule has 6 N–H and O–H groups in total. The average Bonchev–Trinajstić information content (AvgIpc) is 4.33. The minimum absolute atomic E-state index is 0.0577. The predicted octanol–water partition coefficient (Wildman–Crippen LogP) is 11.2. The van der Waals surface area contributed by atoms with Gasteiger partial charge in [0.2, 0.25) is 11.5 Å². The standard InChI is InChI=1S/C55H30Cl3N9O11/c56-41-39-40(51-64-50(39)63-48-36-10-4-2-8-34(36)46(61-48)59-45-33-7-1-3-9-35(33)47(60-45)62-49-37-11-5-6-12-38(37)67(65-49)66-51)42(57)44(43(41)58)78-32-14-24(22-76-30-18-26(52(68)69)16-27(19-30)53(70)71)13-25(15-32)23-77-31-20-28(54(72)73)17-29(21-31)55(74)75/h1-21H,22-23H2,(H5,59,60,61,62,63,64,65,66,68,69,70,71,72,73,74,75)/p+1. The molecule has 0 amide bonds. The molecule has 382 valence electrons. The second kappa shape index (κ2) is 19.3. The zero-order valence-corrected chi connectivity index (χ0v) is 41.7. The molecule has 0 radical (unpaired) electrons. The number of carbonyl (C=O) groups is 4. The van der Waals surface area contributed by atoms with Crippen LogP contribution in [0.5, 0.6) is 23.0 Å². The fraction of sp³-hybridized carbons (Fsp3) is 0.0364. The number of benzene rings is 7. The Morgan fingerprint density at radius 1 is 0.462 bits per heavy atom. The molecule has 0 spiro atoms. The Kier molecular flexibility index (Phi) is 12.1. The molecule has 10 aromatic rings. The summed E-state index contributed by atoms with van der Waals surface area (Å²) in [7, 11) is 0. The Morgan fingerprint density at radius 2 is 0.923 bits per heavy atom. The number of nitrogens with zero attached hydrogens (tertiary/aromatic N) is 7. The lowest BCUT2D eigenvalue weighted by molar-refractivity contribution is -0.711. The second-order valence-corrected chi connectivity index (χ2v) is 18.7. The third kappa shape index (κ3) is 8.89. The van der Waals surface area contributed by atoms with Crippen LogP contribution in [0.4, 0.5) is 0 Å². The van der Waals surface area contributed by atoms with Crippen LogP contribution in [0.25, 0.3) is 84.0 Å². The largest absolute Gasteiger partial charge is 0.489 e. The van der Waals surface area contributed by atoms with Gasteiger partial charge in [0.1, 0.15) is 58.0 Å². The summed E-state index contributed by atoms with van der Waals surface area (Å²) in [5.74, 6) is -4.83. The number of aromatic nitrogens is 9. The van der Waals surface area contributed by atoms with Crippen molar-refractivity contribution in [1.29, 1.82) is 0 Å². The van der Waals surface area contributed by atoms with Crippen LogP contribution >= 0.6 is 34.8 Å². The van der Waals surface area contributed by atoms with Crippen molar-refractivity contribution in [2.45, 2.75) is 13.2 Å². The van der Waals surface area contributed by atoms with E-state index >= 15 is 0 Å². The highest BCUT2D eigenvalue weighted by molar-refractivity contribution is 6.51. The zero-order chi connectivity index (χ0) is 54.1. The van der Waals surface area contributed by atoms with Crippen molar-refractivity contribution >= 4 is 103 Å². The topological polar surface area (TPSA) is 290 Å². The van der Waals surface area contributed by atoms with Gasteiger partial charge in [0.25, 0.3) is 5.69 Å². The second-order valence-electron chi connectivity index (χ2n) is 17.6. The monoisotopic (exact) mass is 1100 g/mol. The predicted molar refractivity (Wildman–Crippen MR) is 283 cm³/mol. The van der Waals surface area contributed by atoms with E-state index in [-0.39, 0.29) is 101 Å². The van der Waals surface area contributed by atoms with E-state index in [2.05, 4.69) is 9.97 Å². The van der Waals surface area contributed by atoms with Gasteiger partial charge in [-0.1, -0.05) is 95.5 Å². The summed E-state index contributed by atoms with van der Waals surface area (Å²) < 4.78 is 18.5. The van der Waals surface area contributed by atoms with Gasteiger partial charge in [-0.05, 0) is 71.8 Å². The Balaban J connectivity index is 1.04. The van der Waals surface area contributed by atoms with Crippen LogP contribution in [0, 0.1) is 0 Å². The number of para-hydroxylation sites is 1. The molecule has 0 fully saturated rings. The third-order valence-electron chi connectivity index (χ3n) is 12.5. The van der Waals surface area contributed by atoms with Crippen molar-refractivity contribution in [3.63, 3.8) is 0 Å². The van der Waals surface area contributed by atoms with Crippen LogP contribution in [0.1, 0.15) is 52.6 Å². The highest BCUT2D eigenvalue weighted by Gasteiger charge is 2.31. The minimum Gasteiger partial charge on any atom is -0.489 e. The van der Waals surface area contributed by atoms with Crippen molar-refractivity contribution in [3.8, 4) is 62.8 Å². The number of nitrogens with one attached hydrogen (secondary N) is 2. The van der Waals surface area contributed by atoms with Gasteiger partial charge in [-0.15, -0.1) is 0 Å². The summed E-state index contributed by atoms with van der Waals surface area (Å²) in [6.45, 7) is -0.604. The fourth-order valence-corrected chi connectivity index (χ4v) is 9.89. The van der Waals surface area contributed by atoms with Gasteiger partial charge in [0, 0.05) is 28.0 Å². The lowest BCUT2D eigenvalue weighted by Crippen LogP contribution is -2.35. The number of hydrogen-bond donors (Lipinski definition) is 6. The van der Waals surface area contributed by atoms with Crippen molar-refractivity contribution in [2.75, 3.05) is 0 Å².